The van der Waals surface area contributed by atoms with Gasteiger partial charge in [-0.3, -0.25) is 0 Å². The number of rotatable bonds is 1. The molecule has 1 aromatic carbocycles. The number of aromatic nitrogens is 2. The van der Waals surface area contributed by atoms with Crippen molar-refractivity contribution in [2.24, 2.45) is 5.73 Å². The number of halogens is 1. The molecular weight excluding hydrogens is 296 g/mol. The van der Waals surface area contributed by atoms with Gasteiger partial charge >= 0.3 is 6.03 Å². The van der Waals surface area contributed by atoms with Gasteiger partial charge in [0.2, 0.25) is 0 Å². The molecule has 0 atom stereocenters. The van der Waals surface area contributed by atoms with Crippen molar-refractivity contribution in [3.63, 3.8) is 0 Å². The molecule has 0 radical (unpaired) electrons. The quantitative estimate of drug-likeness (QED) is 0.848. The van der Waals surface area contributed by atoms with Gasteiger partial charge in [0.15, 0.2) is 0 Å². The Balaban J connectivity index is 2.19. The summed E-state index contributed by atoms with van der Waals surface area (Å²) in [4.78, 5) is 11.3. The number of hydrogen-bond acceptors (Lipinski definition) is 3. The monoisotopic (exact) mass is 306 g/mol. The van der Waals surface area contributed by atoms with Crippen LogP contribution in [0.1, 0.15) is 5.56 Å². The Labute approximate surface area is 112 Å². The van der Waals surface area contributed by atoms with E-state index in [0.717, 1.165) is 40.1 Å². The SMILES string of the molecule is NC(=O)n1nc(-c2cccc(Br)c2)c2c1NCC2. The smallest absolute Gasteiger partial charge is 0.341 e. The average molecular weight is 307 g/mol. The zero-order valence-corrected chi connectivity index (χ0v) is 11.1. The molecule has 2 heterocycles. The number of primary amides is 1. The molecule has 18 heavy (non-hydrogen) atoms. The van der Waals surface area contributed by atoms with Gasteiger partial charge in [-0.25, -0.2) is 4.79 Å². The molecule has 92 valence electrons. The van der Waals surface area contributed by atoms with Crippen LogP contribution in [0, 0.1) is 0 Å². The summed E-state index contributed by atoms with van der Waals surface area (Å²) in [5, 5.41) is 7.44. The molecule has 2 aromatic rings. The predicted octanol–water partition coefficient (Wildman–Crippen LogP) is 2.21. The van der Waals surface area contributed by atoms with Gasteiger partial charge in [0.25, 0.3) is 0 Å². The summed E-state index contributed by atoms with van der Waals surface area (Å²) in [5.41, 5.74) is 8.16. The molecule has 0 aliphatic carbocycles. The number of nitrogens with two attached hydrogens (primary N) is 1. The van der Waals surface area contributed by atoms with Crippen LogP contribution >= 0.6 is 15.9 Å². The molecule has 1 aromatic heterocycles. The van der Waals surface area contributed by atoms with Gasteiger partial charge in [0.1, 0.15) is 5.82 Å². The highest BCUT2D eigenvalue weighted by Gasteiger charge is 2.24. The molecule has 6 heteroatoms. The van der Waals surface area contributed by atoms with Crippen molar-refractivity contribution in [2.75, 3.05) is 11.9 Å². The van der Waals surface area contributed by atoms with E-state index in [0.29, 0.717) is 0 Å². The first kappa shape index (κ1) is 11.3. The van der Waals surface area contributed by atoms with Gasteiger partial charge in [0.05, 0.1) is 5.69 Å². The van der Waals surface area contributed by atoms with Crippen LogP contribution in [-0.4, -0.2) is 22.4 Å². The summed E-state index contributed by atoms with van der Waals surface area (Å²) in [6.07, 6.45) is 0.852. The van der Waals surface area contributed by atoms with Crippen LogP contribution in [0.25, 0.3) is 11.3 Å². The van der Waals surface area contributed by atoms with Crippen LogP contribution in [0.5, 0.6) is 0 Å². The molecule has 0 saturated carbocycles. The van der Waals surface area contributed by atoms with E-state index in [9.17, 15) is 4.79 Å². The third-order valence-corrected chi connectivity index (χ3v) is 3.45. The van der Waals surface area contributed by atoms with Crippen molar-refractivity contribution in [2.45, 2.75) is 6.42 Å². The molecule has 0 fully saturated rings. The number of amides is 1. The van der Waals surface area contributed by atoms with E-state index in [4.69, 9.17) is 5.73 Å². The Morgan fingerprint density at radius 1 is 1.50 bits per heavy atom. The number of nitrogens with one attached hydrogen (secondary N) is 1. The van der Waals surface area contributed by atoms with E-state index in [2.05, 4.69) is 26.3 Å². The molecular formula is C12H11BrN4O. The lowest BCUT2D eigenvalue weighted by molar-refractivity contribution is 0.248. The number of benzene rings is 1. The highest BCUT2D eigenvalue weighted by molar-refractivity contribution is 9.10. The minimum absolute atomic E-state index is 0.568. The molecule has 3 rings (SSSR count). The first-order chi connectivity index (χ1) is 8.66. The number of fused-ring (bicyclic) bond motifs is 1. The van der Waals surface area contributed by atoms with Crippen LogP contribution in [0.4, 0.5) is 10.6 Å². The Hall–Kier alpha value is -1.82. The second kappa shape index (κ2) is 4.13. The van der Waals surface area contributed by atoms with Crippen molar-refractivity contribution < 1.29 is 4.79 Å². The van der Waals surface area contributed by atoms with E-state index in [1.54, 1.807) is 0 Å². The van der Waals surface area contributed by atoms with E-state index in [1.807, 2.05) is 24.3 Å². The number of carbonyl (C=O) groups excluding carboxylic acids is 1. The second-order valence-electron chi connectivity index (χ2n) is 4.11. The zero-order valence-electron chi connectivity index (χ0n) is 9.48. The molecule has 3 N–H and O–H groups in total. The topological polar surface area (TPSA) is 72.9 Å². The van der Waals surface area contributed by atoms with Crippen molar-refractivity contribution in [3.05, 3.63) is 34.3 Å². The van der Waals surface area contributed by atoms with E-state index in [1.165, 1.54) is 4.68 Å². The fourth-order valence-electron chi connectivity index (χ4n) is 2.20. The van der Waals surface area contributed by atoms with Gasteiger partial charge in [-0.15, -0.1) is 0 Å². The first-order valence-corrected chi connectivity index (χ1v) is 6.37. The van der Waals surface area contributed by atoms with Crippen molar-refractivity contribution in [1.82, 2.24) is 9.78 Å². The molecule has 1 aliphatic heterocycles. The Kier molecular flexibility index (Phi) is 2.59. The number of carbonyl (C=O) groups is 1. The molecule has 0 saturated heterocycles. The van der Waals surface area contributed by atoms with Gasteiger partial charge in [-0.2, -0.15) is 9.78 Å². The minimum Gasteiger partial charge on any atom is -0.369 e. The van der Waals surface area contributed by atoms with Crippen LogP contribution in [0.3, 0.4) is 0 Å². The van der Waals surface area contributed by atoms with Gasteiger partial charge < -0.3 is 11.1 Å². The molecule has 1 amide bonds. The number of hydrogen-bond donors (Lipinski definition) is 2. The lowest BCUT2D eigenvalue weighted by Gasteiger charge is -2.00. The average Bonchev–Trinajstić information content (AvgIpc) is 2.88. The lowest BCUT2D eigenvalue weighted by Crippen LogP contribution is -2.22. The summed E-state index contributed by atoms with van der Waals surface area (Å²) in [7, 11) is 0. The minimum atomic E-state index is -0.568. The molecule has 0 unspecified atom stereocenters. The zero-order chi connectivity index (χ0) is 12.7. The third-order valence-electron chi connectivity index (χ3n) is 2.96. The number of anilines is 1. The van der Waals surface area contributed by atoms with E-state index in [-0.39, 0.29) is 0 Å². The fourth-order valence-corrected chi connectivity index (χ4v) is 2.60. The van der Waals surface area contributed by atoms with Crippen molar-refractivity contribution in [1.29, 1.82) is 0 Å². The summed E-state index contributed by atoms with van der Waals surface area (Å²) in [5.74, 6) is 0.720. The van der Waals surface area contributed by atoms with Gasteiger partial charge in [-0.05, 0) is 18.6 Å². The molecule has 0 spiro atoms. The van der Waals surface area contributed by atoms with E-state index >= 15 is 0 Å². The van der Waals surface area contributed by atoms with Crippen LogP contribution in [0.2, 0.25) is 0 Å². The fraction of sp³-hybridized carbons (Fsp3) is 0.167. The summed E-state index contributed by atoms with van der Waals surface area (Å²) < 4.78 is 2.21. The summed E-state index contributed by atoms with van der Waals surface area (Å²) in [6.45, 7) is 0.807. The summed E-state index contributed by atoms with van der Waals surface area (Å²) in [6, 6.07) is 7.27. The molecule has 5 nitrogen and oxygen atoms in total. The lowest BCUT2D eigenvalue weighted by atomic mass is 10.1. The summed E-state index contributed by atoms with van der Waals surface area (Å²) >= 11 is 3.43. The van der Waals surface area contributed by atoms with Crippen LogP contribution < -0.4 is 11.1 Å². The number of nitrogens with zero attached hydrogens (tertiary/aromatic N) is 2. The highest BCUT2D eigenvalue weighted by atomic mass is 79.9. The Morgan fingerprint density at radius 3 is 3.06 bits per heavy atom. The maximum atomic E-state index is 11.3. The standard InChI is InChI=1S/C12H11BrN4O/c13-8-3-1-2-7(6-8)10-9-4-5-15-11(9)17(16-10)12(14)18/h1-3,6,15H,4-5H2,(H2,14,18). The molecule has 0 bridgehead atoms. The maximum absolute atomic E-state index is 11.3. The Bertz CT molecular complexity index is 635. The first-order valence-electron chi connectivity index (χ1n) is 5.58. The van der Waals surface area contributed by atoms with Crippen LogP contribution in [0.15, 0.2) is 28.7 Å². The third kappa shape index (κ3) is 1.69. The van der Waals surface area contributed by atoms with Crippen molar-refractivity contribution >= 4 is 27.8 Å². The van der Waals surface area contributed by atoms with Gasteiger partial charge in [-0.1, -0.05) is 28.1 Å². The second-order valence-corrected chi connectivity index (χ2v) is 5.03. The molecule has 1 aliphatic rings. The van der Waals surface area contributed by atoms with Crippen molar-refractivity contribution in [3.8, 4) is 11.3 Å². The Morgan fingerprint density at radius 2 is 2.33 bits per heavy atom. The highest BCUT2D eigenvalue weighted by Crippen LogP contribution is 2.33. The maximum Gasteiger partial charge on any atom is 0.341 e. The van der Waals surface area contributed by atoms with E-state index < -0.39 is 6.03 Å². The predicted molar refractivity (Wildman–Crippen MR) is 72.5 cm³/mol. The largest absolute Gasteiger partial charge is 0.369 e. The normalized spacial score (nSPS) is 13.2. The van der Waals surface area contributed by atoms with Gasteiger partial charge in [0, 0.05) is 22.1 Å². The van der Waals surface area contributed by atoms with Crippen LogP contribution in [-0.2, 0) is 6.42 Å².